The summed E-state index contributed by atoms with van der Waals surface area (Å²) in [6, 6.07) is 4.40. The fourth-order valence-electron chi connectivity index (χ4n) is 5.12. The van der Waals surface area contributed by atoms with Gasteiger partial charge < -0.3 is 30.9 Å². The third-order valence-electron chi connectivity index (χ3n) is 7.00. The quantitative estimate of drug-likeness (QED) is 0.544. The number of anilines is 2. The van der Waals surface area contributed by atoms with Crippen molar-refractivity contribution in [2.24, 2.45) is 0 Å². The first-order valence-electron chi connectivity index (χ1n) is 12.9. The molecular formula is C27H36F2N6O3. The fraction of sp³-hybridized carbons (Fsp3) is 0.519. The van der Waals surface area contributed by atoms with Gasteiger partial charge in [-0.25, -0.2) is 18.6 Å². The van der Waals surface area contributed by atoms with E-state index in [1.54, 1.807) is 43.7 Å². The minimum absolute atomic E-state index is 0.141. The van der Waals surface area contributed by atoms with E-state index >= 15 is 0 Å². The molecule has 206 valence electrons. The second-order valence-corrected chi connectivity index (χ2v) is 11.0. The molecule has 1 aromatic carbocycles. The SMILES string of the molecule is CN(C(=O)c1cnc(N2C[C@H](NC(=O)OC(C)(C)C)[C@@H](c3cc(F)ccc3F)C2)c(N)c1)C1CCNCC1. The number of carbonyl (C=O) groups is 2. The maximum atomic E-state index is 14.8. The van der Waals surface area contributed by atoms with Crippen molar-refractivity contribution in [3.05, 3.63) is 53.2 Å². The van der Waals surface area contributed by atoms with Crippen molar-refractivity contribution in [1.82, 2.24) is 20.5 Å². The van der Waals surface area contributed by atoms with Crippen LogP contribution in [-0.2, 0) is 4.74 Å². The Labute approximate surface area is 221 Å². The molecular weight excluding hydrogens is 494 g/mol. The number of benzene rings is 1. The minimum atomic E-state index is -0.725. The summed E-state index contributed by atoms with van der Waals surface area (Å²) in [5.74, 6) is -1.49. The van der Waals surface area contributed by atoms with Crippen LogP contribution >= 0.6 is 0 Å². The number of rotatable bonds is 5. The summed E-state index contributed by atoms with van der Waals surface area (Å²) in [5, 5.41) is 6.09. The number of nitrogens with zero attached hydrogens (tertiary/aromatic N) is 3. The average Bonchev–Trinajstić information content (AvgIpc) is 3.26. The third-order valence-corrected chi connectivity index (χ3v) is 7.00. The molecule has 2 aromatic rings. The van der Waals surface area contributed by atoms with Crippen molar-refractivity contribution in [3.8, 4) is 0 Å². The molecule has 0 radical (unpaired) electrons. The molecule has 11 heteroatoms. The van der Waals surface area contributed by atoms with E-state index in [2.05, 4.69) is 15.6 Å². The zero-order valence-corrected chi connectivity index (χ0v) is 22.3. The molecule has 38 heavy (non-hydrogen) atoms. The number of pyridine rings is 1. The first kappa shape index (κ1) is 27.6. The van der Waals surface area contributed by atoms with Crippen molar-refractivity contribution in [2.75, 3.05) is 43.9 Å². The topological polar surface area (TPSA) is 113 Å². The van der Waals surface area contributed by atoms with E-state index in [0.717, 1.165) is 44.1 Å². The molecule has 2 atom stereocenters. The van der Waals surface area contributed by atoms with Gasteiger partial charge in [0.05, 0.1) is 17.3 Å². The number of halogens is 2. The molecule has 1 aromatic heterocycles. The highest BCUT2D eigenvalue weighted by Crippen LogP contribution is 2.35. The normalized spacial score (nSPS) is 20.3. The predicted octanol–water partition coefficient (Wildman–Crippen LogP) is 3.26. The molecule has 2 amide bonds. The molecule has 2 aliphatic heterocycles. The first-order valence-corrected chi connectivity index (χ1v) is 12.9. The number of nitrogen functional groups attached to an aromatic ring is 1. The van der Waals surface area contributed by atoms with Gasteiger partial charge >= 0.3 is 6.09 Å². The summed E-state index contributed by atoms with van der Waals surface area (Å²) in [6.07, 6.45) is 2.58. The number of ether oxygens (including phenoxy) is 1. The second kappa shape index (κ2) is 11.1. The van der Waals surface area contributed by atoms with Crippen molar-refractivity contribution in [2.45, 2.75) is 57.2 Å². The Morgan fingerprint density at radius 2 is 1.89 bits per heavy atom. The van der Waals surface area contributed by atoms with Gasteiger partial charge in [-0.2, -0.15) is 0 Å². The minimum Gasteiger partial charge on any atom is -0.444 e. The Morgan fingerprint density at radius 3 is 2.55 bits per heavy atom. The highest BCUT2D eigenvalue weighted by Gasteiger charge is 2.38. The molecule has 0 bridgehead atoms. The lowest BCUT2D eigenvalue weighted by molar-refractivity contribution is 0.0504. The Hall–Kier alpha value is -3.47. The van der Waals surface area contributed by atoms with E-state index in [-0.39, 0.29) is 36.3 Å². The molecule has 3 heterocycles. The summed E-state index contributed by atoms with van der Waals surface area (Å²) < 4.78 is 34.2. The Bertz CT molecular complexity index is 1180. The van der Waals surface area contributed by atoms with Crippen LogP contribution in [0.3, 0.4) is 0 Å². The molecule has 2 saturated heterocycles. The summed E-state index contributed by atoms with van der Waals surface area (Å²) in [6.45, 7) is 7.41. The van der Waals surface area contributed by atoms with Crippen LogP contribution in [0.15, 0.2) is 30.5 Å². The molecule has 9 nitrogen and oxygen atoms in total. The van der Waals surface area contributed by atoms with Crippen LogP contribution in [0.5, 0.6) is 0 Å². The van der Waals surface area contributed by atoms with Crippen LogP contribution in [0.2, 0.25) is 0 Å². The van der Waals surface area contributed by atoms with Crippen molar-refractivity contribution >= 4 is 23.5 Å². The molecule has 0 aliphatic carbocycles. The van der Waals surface area contributed by atoms with Crippen molar-refractivity contribution in [1.29, 1.82) is 0 Å². The number of carbonyl (C=O) groups excluding carboxylic acids is 2. The van der Waals surface area contributed by atoms with E-state index < -0.39 is 35.3 Å². The lowest BCUT2D eigenvalue weighted by Crippen LogP contribution is -2.44. The summed E-state index contributed by atoms with van der Waals surface area (Å²) >= 11 is 0. The summed E-state index contributed by atoms with van der Waals surface area (Å²) in [4.78, 5) is 33.7. The number of nitrogens with two attached hydrogens (primary N) is 1. The molecule has 2 fully saturated rings. The number of aromatic nitrogens is 1. The number of amides is 2. The highest BCUT2D eigenvalue weighted by atomic mass is 19.1. The molecule has 0 spiro atoms. The van der Waals surface area contributed by atoms with Crippen LogP contribution < -0.4 is 21.3 Å². The van der Waals surface area contributed by atoms with Gasteiger partial charge in [-0.3, -0.25) is 4.79 Å². The molecule has 0 saturated carbocycles. The van der Waals surface area contributed by atoms with Crippen molar-refractivity contribution in [3.63, 3.8) is 0 Å². The largest absolute Gasteiger partial charge is 0.444 e. The smallest absolute Gasteiger partial charge is 0.407 e. The van der Waals surface area contributed by atoms with Crippen LogP contribution in [0.1, 0.15) is 55.5 Å². The third kappa shape index (κ3) is 6.32. The number of nitrogens with one attached hydrogen (secondary N) is 2. The van der Waals surface area contributed by atoms with Gasteiger partial charge in [0.1, 0.15) is 17.2 Å². The van der Waals surface area contributed by atoms with Crippen LogP contribution in [0, 0.1) is 11.6 Å². The van der Waals surface area contributed by atoms with Gasteiger partial charge in [0.2, 0.25) is 0 Å². The molecule has 4 rings (SSSR count). The van der Waals surface area contributed by atoms with E-state index in [1.165, 1.54) is 6.20 Å². The van der Waals surface area contributed by atoms with E-state index in [4.69, 9.17) is 10.5 Å². The summed E-state index contributed by atoms with van der Waals surface area (Å²) in [5.41, 5.74) is 6.43. The van der Waals surface area contributed by atoms with E-state index in [0.29, 0.717) is 11.4 Å². The van der Waals surface area contributed by atoms with Crippen molar-refractivity contribution < 1.29 is 23.1 Å². The monoisotopic (exact) mass is 530 g/mol. The fourth-order valence-corrected chi connectivity index (χ4v) is 5.12. The van der Waals surface area contributed by atoms with Gasteiger partial charge in [-0.1, -0.05) is 0 Å². The van der Waals surface area contributed by atoms with E-state index in [1.807, 2.05) is 0 Å². The Morgan fingerprint density at radius 1 is 1.18 bits per heavy atom. The molecule has 2 aliphatic rings. The standard InChI is InChI=1S/C27H36F2N6O3/c1-27(2,3)38-26(37)33-23-15-35(14-20(23)19-12-17(28)5-6-21(19)29)24-22(30)11-16(13-32-24)25(36)34(4)18-7-9-31-10-8-18/h5-6,11-13,18,20,23,31H,7-10,14-15,30H2,1-4H3,(H,33,37)/t20-,23+/m1/s1. The van der Waals surface area contributed by atoms with Gasteiger partial charge in [-0.15, -0.1) is 0 Å². The van der Waals surface area contributed by atoms with Gasteiger partial charge in [0.15, 0.2) is 5.82 Å². The van der Waals surface area contributed by atoms with Crippen LogP contribution in [0.25, 0.3) is 0 Å². The molecule has 4 N–H and O–H groups in total. The lowest BCUT2D eigenvalue weighted by Gasteiger charge is -2.31. The summed E-state index contributed by atoms with van der Waals surface area (Å²) in [7, 11) is 1.79. The maximum Gasteiger partial charge on any atom is 0.407 e. The predicted molar refractivity (Wildman–Crippen MR) is 141 cm³/mol. The second-order valence-electron chi connectivity index (χ2n) is 11.0. The lowest BCUT2D eigenvalue weighted by atomic mass is 9.94. The number of hydrogen-bond donors (Lipinski definition) is 3. The average molecular weight is 531 g/mol. The van der Waals surface area contributed by atoms with Gasteiger partial charge in [-0.05, 0) is 76.5 Å². The number of piperidine rings is 1. The highest BCUT2D eigenvalue weighted by molar-refractivity contribution is 5.95. The number of alkyl carbamates (subject to hydrolysis) is 1. The Balaban J connectivity index is 1.56. The maximum absolute atomic E-state index is 14.8. The van der Waals surface area contributed by atoms with Gasteiger partial charge in [0.25, 0.3) is 5.91 Å². The first-order chi connectivity index (χ1) is 17.9. The van der Waals surface area contributed by atoms with Crippen LogP contribution in [-0.4, -0.2) is 72.8 Å². The zero-order valence-electron chi connectivity index (χ0n) is 22.3. The zero-order chi connectivity index (χ0) is 27.6. The van der Waals surface area contributed by atoms with E-state index in [9.17, 15) is 18.4 Å². The van der Waals surface area contributed by atoms with Gasteiger partial charge in [0, 0.05) is 38.3 Å². The number of hydrogen-bond acceptors (Lipinski definition) is 7. The molecule has 0 unspecified atom stereocenters. The van der Waals surface area contributed by atoms with Crippen LogP contribution in [0.4, 0.5) is 25.1 Å². The Kier molecular flexibility index (Phi) is 8.05.